The molecule has 0 aliphatic carbocycles. The fourth-order valence-corrected chi connectivity index (χ4v) is 4.59. The Hall–Kier alpha value is -3.85. The summed E-state index contributed by atoms with van der Waals surface area (Å²) in [4.78, 5) is 28.5. The molecule has 0 saturated heterocycles. The van der Waals surface area contributed by atoms with E-state index < -0.39 is 17.9 Å². The molecule has 1 atom stereocenters. The highest BCUT2D eigenvalue weighted by Gasteiger charge is 2.40. The summed E-state index contributed by atoms with van der Waals surface area (Å²) in [7, 11) is 1.89. The number of carbonyl (C=O) groups excluding carboxylic acids is 2. The number of halogens is 1. The van der Waals surface area contributed by atoms with E-state index in [1.807, 2.05) is 18.0 Å². The Labute approximate surface area is 215 Å². The first-order chi connectivity index (χ1) is 17.8. The van der Waals surface area contributed by atoms with Crippen LogP contribution < -0.4 is 14.8 Å². The van der Waals surface area contributed by atoms with E-state index in [0.717, 1.165) is 5.56 Å². The quantitative estimate of drug-likeness (QED) is 0.506. The monoisotopic (exact) mass is 510 g/mol. The second kappa shape index (κ2) is 11.5. The van der Waals surface area contributed by atoms with Gasteiger partial charge in [-0.3, -0.25) is 4.90 Å². The molecule has 2 aromatic carbocycles. The number of esters is 2. The lowest BCUT2D eigenvalue weighted by Crippen LogP contribution is -2.33. The molecule has 196 valence electrons. The van der Waals surface area contributed by atoms with E-state index in [-0.39, 0.29) is 25.8 Å². The van der Waals surface area contributed by atoms with Gasteiger partial charge < -0.3 is 24.3 Å². The molecule has 0 saturated carbocycles. The number of nitrogens with one attached hydrogen (secondary N) is 1. The van der Waals surface area contributed by atoms with Crippen molar-refractivity contribution in [2.75, 3.05) is 33.6 Å². The first-order valence-corrected chi connectivity index (χ1v) is 12.1. The number of hydrogen-bond donors (Lipinski definition) is 1. The summed E-state index contributed by atoms with van der Waals surface area (Å²) >= 11 is 0. The van der Waals surface area contributed by atoms with Crippen LogP contribution >= 0.6 is 0 Å². The van der Waals surface area contributed by atoms with Gasteiger partial charge in [-0.1, -0.05) is 24.3 Å². The van der Waals surface area contributed by atoms with Crippen molar-refractivity contribution >= 4 is 11.9 Å². The number of rotatable bonds is 9. The van der Waals surface area contributed by atoms with Crippen molar-refractivity contribution in [2.24, 2.45) is 0 Å². The maximum absolute atomic E-state index is 13.5. The molecule has 0 radical (unpaired) electrons. The predicted octanol–water partition coefficient (Wildman–Crippen LogP) is 4.03. The number of allylic oxidation sites excluding steroid dienone is 2. The van der Waals surface area contributed by atoms with Gasteiger partial charge in [0.15, 0.2) is 11.5 Å². The molecule has 1 unspecified atom stereocenters. The van der Waals surface area contributed by atoms with Gasteiger partial charge in [0, 0.05) is 30.0 Å². The zero-order valence-electron chi connectivity index (χ0n) is 21.4. The Kier molecular flexibility index (Phi) is 8.13. The summed E-state index contributed by atoms with van der Waals surface area (Å²) in [5.41, 5.74) is 3.36. The molecule has 9 heteroatoms. The molecule has 2 aromatic rings. The second-order valence-electron chi connectivity index (χ2n) is 8.94. The number of nitrogens with zero attached hydrogens (tertiary/aromatic N) is 1. The zero-order chi connectivity index (χ0) is 26.5. The highest BCUT2D eigenvalue weighted by atomic mass is 19.1. The van der Waals surface area contributed by atoms with E-state index in [1.165, 1.54) is 12.1 Å². The third-order valence-corrected chi connectivity index (χ3v) is 6.29. The molecule has 0 amide bonds. The van der Waals surface area contributed by atoms with Crippen molar-refractivity contribution in [3.8, 4) is 11.5 Å². The van der Waals surface area contributed by atoms with Crippen LogP contribution in [-0.2, 0) is 25.6 Å². The number of carbonyl (C=O) groups is 2. The Morgan fingerprint density at radius 3 is 2.38 bits per heavy atom. The van der Waals surface area contributed by atoms with Gasteiger partial charge in [0.2, 0.25) is 6.79 Å². The molecule has 1 N–H and O–H groups in total. The van der Waals surface area contributed by atoms with Crippen LogP contribution in [0.5, 0.6) is 11.5 Å². The molecule has 0 bridgehead atoms. The maximum Gasteiger partial charge on any atom is 0.336 e. The SMILES string of the molecule is CCOC(=O)C1=C(C)NC(C)=C(C(=O)OCCN(C)Cc2ccc(F)cc2)C1c1cccc2c1OCO2. The molecule has 2 aliphatic rings. The molecule has 37 heavy (non-hydrogen) atoms. The average molecular weight is 511 g/mol. The number of ether oxygens (including phenoxy) is 4. The van der Waals surface area contributed by atoms with E-state index in [9.17, 15) is 14.0 Å². The molecule has 8 nitrogen and oxygen atoms in total. The Morgan fingerprint density at radius 1 is 1.03 bits per heavy atom. The summed E-state index contributed by atoms with van der Waals surface area (Å²) in [5.74, 6) is -1.08. The molecule has 2 aliphatic heterocycles. The predicted molar refractivity (Wildman–Crippen MR) is 134 cm³/mol. The van der Waals surface area contributed by atoms with E-state index in [2.05, 4.69) is 5.32 Å². The molecule has 2 heterocycles. The second-order valence-corrected chi connectivity index (χ2v) is 8.94. The molecule has 4 rings (SSSR count). The van der Waals surface area contributed by atoms with Gasteiger partial charge >= 0.3 is 11.9 Å². The topological polar surface area (TPSA) is 86.3 Å². The number of fused-ring (bicyclic) bond motifs is 1. The minimum Gasteiger partial charge on any atom is -0.463 e. The third-order valence-electron chi connectivity index (χ3n) is 6.29. The summed E-state index contributed by atoms with van der Waals surface area (Å²) < 4.78 is 35.5. The molecular formula is C28H31FN2O6. The number of para-hydroxylation sites is 1. The van der Waals surface area contributed by atoms with Crippen LogP contribution in [-0.4, -0.2) is 50.4 Å². The van der Waals surface area contributed by atoms with Crippen molar-refractivity contribution in [3.63, 3.8) is 0 Å². The van der Waals surface area contributed by atoms with E-state index in [0.29, 0.717) is 52.7 Å². The summed E-state index contributed by atoms with van der Waals surface area (Å²) in [5, 5.41) is 3.15. The smallest absolute Gasteiger partial charge is 0.336 e. The van der Waals surface area contributed by atoms with Gasteiger partial charge in [-0.15, -0.1) is 0 Å². The van der Waals surface area contributed by atoms with E-state index >= 15 is 0 Å². The number of dihydropyridines is 1. The van der Waals surface area contributed by atoms with Crippen molar-refractivity contribution < 1.29 is 32.9 Å². The Morgan fingerprint density at radius 2 is 1.70 bits per heavy atom. The van der Waals surface area contributed by atoms with Crippen LogP contribution in [0, 0.1) is 5.82 Å². The summed E-state index contributed by atoms with van der Waals surface area (Å²) in [6.45, 7) is 6.69. The highest BCUT2D eigenvalue weighted by Crippen LogP contribution is 2.47. The first kappa shape index (κ1) is 26.2. The molecule has 0 aromatic heterocycles. The fourth-order valence-electron chi connectivity index (χ4n) is 4.59. The van der Waals surface area contributed by atoms with Crippen LogP contribution in [0.1, 0.15) is 37.8 Å². The third kappa shape index (κ3) is 5.77. The lowest BCUT2D eigenvalue weighted by molar-refractivity contribution is -0.140. The van der Waals surface area contributed by atoms with Gasteiger partial charge in [0.05, 0.1) is 23.7 Å². The van der Waals surface area contributed by atoms with Gasteiger partial charge in [-0.25, -0.2) is 14.0 Å². The highest BCUT2D eigenvalue weighted by molar-refractivity contribution is 6.00. The largest absolute Gasteiger partial charge is 0.463 e. The van der Waals surface area contributed by atoms with Crippen LogP contribution in [0.4, 0.5) is 4.39 Å². The van der Waals surface area contributed by atoms with Crippen molar-refractivity contribution in [1.29, 1.82) is 0 Å². The maximum atomic E-state index is 13.5. The molecule has 0 spiro atoms. The van der Waals surface area contributed by atoms with Crippen molar-refractivity contribution in [2.45, 2.75) is 33.2 Å². The fraction of sp³-hybridized carbons (Fsp3) is 0.357. The summed E-state index contributed by atoms with van der Waals surface area (Å²) in [6.07, 6.45) is 0. The van der Waals surface area contributed by atoms with E-state index in [4.69, 9.17) is 18.9 Å². The zero-order valence-corrected chi connectivity index (χ0v) is 21.4. The van der Waals surface area contributed by atoms with Crippen LogP contribution in [0.25, 0.3) is 0 Å². The standard InChI is InChI=1S/C28H31FN2O6/c1-5-34-27(32)23-17(2)30-18(3)24(25(23)21-7-6-8-22-26(21)37-16-36-22)28(33)35-14-13-31(4)15-19-9-11-20(29)12-10-19/h6-12,25,30H,5,13-16H2,1-4H3. The van der Waals surface area contributed by atoms with Gasteiger partial charge in [-0.2, -0.15) is 0 Å². The van der Waals surface area contributed by atoms with Gasteiger partial charge in [0.1, 0.15) is 12.4 Å². The van der Waals surface area contributed by atoms with Crippen LogP contribution in [0.2, 0.25) is 0 Å². The number of hydrogen-bond acceptors (Lipinski definition) is 8. The Balaban J connectivity index is 1.56. The van der Waals surface area contributed by atoms with Gasteiger partial charge in [-0.05, 0) is 51.6 Å². The van der Waals surface area contributed by atoms with E-state index in [1.54, 1.807) is 45.0 Å². The minimum absolute atomic E-state index is 0.0532. The van der Waals surface area contributed by atoms with Crippen molar-refractivity contribution in [1.82, 2.24) is 10.2 Å². The average Bonchev–Trinajstić information content (AvgIpc) is 3.34. The number of benzene rings is 2. The minimum atomic E-state index is -0.763. The lowest BCUT2D eigenvalue weighted by atomic mass is 9.80. The van der Waals surface area contributed by atoms with Crippen LogP contribution in [0.3, 0.4) is 0 Å². The van der Waals surface area contributed by atoms with Crippen molar-refractivity contribution in [3.05, 3.63) is 81.9 Å². The van der Waals surface area contributed by atoms with Crippen LogP contribution in [0.15, 0.2) is 65.0 Å². The first-order valence-electron chi connectivity index (χ1n) is 12.1. The Bertz CT molecular complexity index is 1240. The summed E-state index contributed by atoms with van der Waals surface area (Å²) in [6, 6.07) is 11.7. The van der Waals surface area contributed by atoms with Gasteiger partial charge in [0.25, 0.3) is 0 Å². The molecular weight excluding hydrogens is 479 g/mol. The normalized spacial score (nSPS) is 16.6. The molecule has 0 fully saturated rings. The number of likely N-dealkylation sites (N-methyl/N-ethyl adjacent to an activating group) is 1. The lowest BCUT2D eigenvalue weighted by Gasteiger charge is -2.31.